The number of benzene rings is 2. The highest BCUT2D eigenvalue weighted by atomic mass is 35.5. The van der Waals surface area contributed by atoms with E-state index in [2.05, 4.69) is 4.72 Å². The Morgan fingerprint density at radius 3 is 2.58 bits per heavy atom. The molecule has 1 heterocycles. The third kappa shape index (κ3) is 3.81. The van der Waals surface area contributed by atoms with Crippen molar-refractivity contribution in [3.8, 4) is 11.5 Å². The number of aliphatic hydroxyl groups is 1. The second-order valence-electron chi connectivity index (χ2n) is 5.27. The van der Waals surface area contributed by atoms with Gasteiger partial charge in [-0.2, -0.15) is 0 Å². The summed E-state index contributed by atoms with van der Waals surface area (Å²) in [5.41, 5.74) is 0.643. The van der Waals surface area contributed by atoms with Crippen molar-refractivity contribution < 1.29 is 23.0 Å². The van der Waals surface area contributed by atoms with Gasteiger partial charge in [-0.3, -0.25) is 0 Å². The molecule has 0 aliphatic carbocycles. The summed E-state index contributed by atoms with van der Waals surface area (Å²) in [6.45, 7) is 0.260. The predicted octanol–water partition coefficient (Wildman–Crippen LogP) is 2.47. The standard InChI is InChI=1S/C16H16ClNO5S/c17-12-2-4-13(5-3-12)24(20,21)18-8-7-14(19)11-1-6-15-16(9-11)23-10-22-15/h1-6,9,14,18-19H,7-8,10H2. The van der Waals surface area contributed by atoms with Gasteiger partial charge < -0.3 is 14.6 Å². The number of nitrogens with one attached hydrogen (secondary N) is 1. The molecule has 0 saturated carbocycles. The number of fused-ring (bicyclic) bond motifs is 1. The van der Waals surface area contributed by atoms with Crippen molar-refractivity contribution >= 4 is 21.6 Å². The highest BCUT2D eigenvalue weighted by molar-refractivity contribution is 7.89. The highest BCUT2D eigenvalue weighted by Crippen LogP contribution is 2.34. The maximum atomic E-state index is 12.1. The largest absolute Gasteiger partial charge is 0.454 e. The van der Waals surface area contributed by atoms with Crippen LogP contribution in [0.25, 0.3) is 0 Å². The van der Waals surface area contributed by atoms with Crippen LogP contribution in [0.5, 0.6) is 11.5 Å². The fourth-order valence-electron chi connectivity index (χ4n) is 2.31. The lowest BCUT2D eigenvalue weighted by atomic mass is 10.1. The van der Waals surface area contributed by atoms with E-state index in [0.717, 1.165) is 0 Å². The number of rotatable bonds is 6. The van der Waals surface area contributed by atoms with E-state index in [1.165, 1.54) is 24.3 Å². The third-order valence-electron chi connectivity index (χ3n) is 3.62. The molecule has 2 aromatic rings. The first kappa shape index (κ1) is 17.0. The molecule has 3 rings (SSSR count). The first-order valence-electron chi connectivity index (χ1n) is 7.28. The lowest BCUT2D eigenvalue weighted by molar-refractivity contribution is 0.166. The van der Waals surface area contributed by atoms with Gasteiger partial charge in [-0.25, -0.2) is 13.1 Å². The predicted molar refractivity (Wildman–Crippen MR) is 88.8 cm³/mol. The quantitative estimate of drug-likeness (QED) is 0.817. The van der Waals surface area contributed by atoms with Gasteiger partial charge in [0.15, 0.2) is 11.5 Å². The van der Waals surface area contributed by atoms with Crippen LogP contribution in [0.1, 0.15) is 18.1 Å². The van der Waals surface area contributed by atoms with E-state index in [1.807, 2.05) is 0 Å². The SMILES string of the molecule is O=S(=O)(NCCC(O)c1ccc2c(c1)OCO2)c1ccc(Cl)cc1. The van der Waals surface area contributed by atoms with Crippen molar-refractivity contribution in [2.45, 2.75) is 17.4 Å². The Hall–Kier alpha value is -1.80. The molecule has 0 bridgehead atoms. The molecule has 0 saturated heterocycles. The molecular formula is C16H16ClNO5S. The molecule has 1 aliphatic rings. The second kappa shape index (κ2) is 6.98. The summed E-state index contributed by atoms with van der Waals surface area (Å²) < 4.78 is 37.2. The van der Waals surface area contributed by atoms with Crippen LogP contribution in [-0.2, 0) is 10.0 Å². The van der Waals surface area contributed by atoms with Crippen LogP contribution < -0.4 is 14.2 Å². The summed E-state index contributed by atoms with van der Waals surface area (Å²) in [4.78, 5) is 0.129. The molecule has 0 radical (unpaired) electrons. The van der Waals surface area contributed by atoms with Crippen LogP contribution in [-0.4, -0.2) is 26.9 Å². The zero-order valence-electron chi connectivity index (χ0n) is 12.6. The van der Waals surface area contributed by atoms with Crippen LogP contribution in [0, 0.1) is 0 Å². The van der Waals surface area contributed by atoms with Gasteiger partial charge in [-0.1, -0.05) is 17.7 Å². The minimum absolute atomic E-state index is 0.0978. The average Bonchev–Trinajstić information content (AvgIpc) is 3.02. The topological polar surface area (TPSA) is 84.9 Å². The zero-order valence-corrected chi connectivity index (χ0v) is 14.2. The van der Waals surface area contributed by atoms with E-state index in [0.29, 0.717) is 22.1 Å². The first-order valence-corrected chi connectivity index (χ1v) is 9.15. The molecule has 0 spiro atoms. The summed E-state index contributed by atoms with van der Waals surface area (Å²) >= 11 is 5.75. The van der Waals surface area contributed by atoms with Crippen LogP contribution in [0.4, 0.5) is 0 Å². The van der Waals surface area contributed by atoms with E-state index in [4.69, 9.17) is 21.1 Å². The Kier molecular flexibility index (Phi) is 4.96. The molecule has 24 heavy (non-hydrogen) atoms. The van der Waals surface area contributed by atoms with Crippen LogP contribution in [0.2, 0.25) is 5.02 Å². The van der Waals surface area contributed by atoms with Gasteiger partial charge in [0.2, 0.25) is 16.8 Å². The Bertz CT molecular complexity index is 823. The molecule has 1 unspecified atom stereocenters. The van der Waals surface area contributed by atoms with Crippen molar-refractivity contribution in [2.75, 3.05) is 13.3 Å². The van der Waals surface area contributed by atoms with Crippen molar-refractivity contribution in [3.05, 3.63) is 53.1 Å². The number of hydrogen-bond donors (Lipinski definition) is 2. The molecule has 8 heteroatoms. The lowest BCUT2D eigenvalue weighted by Gasteiger charge is -2.12. The molecule has 0 aromatic heterocycles. The van der Waals surface area contributed by atoms with E-state index >= 15 is 0 Å². The first-order chi connectivity index (χ1) is 11.5. The minimum Gasteiger partial charge on any atom is -0.454 e. The van der Waals surface area contributed by atoms with Crippen LogP contribution >= 0.6 is 11.6 Å². The van der Waals surface area contributed by atoms with Crippen molar-refractivity contribution in [3.63, 3.8) is 0 Å². The monoisotopic (exact) mass is 369 g/mol. The smallest absolute Gasteiger partial charge is 0.240 e. The summed E-state index contributed by atoms with van der Waals surface area (Å²) in [5.74, 6) is 1.21. The second-order valence-corrected chi connectivity index (χ2v) is 7.47. The maximum absolute atomic E-state index is 12.1. The molecular weight excluding hydrogens is 354 g/mol. The summed E-state index contributed by atoms with van der Waals surface area (Å²) in [7, 11) is -3.63. The van der Waals surface area contributed by atoms with Crippen LogP contribution in [0.3, 0.4) is 0 Å². The number of ether oxygens (including phenoxy) is 2. The normalized spacial score (nSPS) is 14.6. The Labute approximate surface area is 145 Å². The van der Waals surface area contributed by atoms with Crippen molar-refractivity contribution in [1.82, 2.24) is 4.72 Å². The Morgan fingerprint density at radius 1 is 1.12 bits per heavy atom. The number of sulfonamides is 1. The Morgan fingerprint density at radius 2 is 1.83 bits per heavy atom. The summed E-state index contributed by atoms with van der Waals surface area (Å²) in [5, 5.41) is 10.7. The molecule has 0 amide bonds. The summed E-state index contributed by atoms with van der Waals surface area (Å²) in [6.07, 6.45) is -0.584. The van der Waals surface area contributed by atoms with Gasteiger partial charge in [0.1, 0.15) is 0 Å². The highest BCUT2D eigenvalue weighted by Gasteiger charge is 2.18. The zero-order chi connectivity index (χ0) is 17.2. The van der Waals surface area contributed by atoms with Gasteiger partial charge in [0.05, 0.1) is 11.0 Å². The van der Waals surface area contributed by atoms with E-state index in [1.54, 1.807) is 18.2 Å². The van der Waals surface area contributed by atoms with Gasteiger partial charge in [0, 0.05) is 11.6 Å². The molecule has 2 aromatic carbocycles. The number of hydrogen-bond acceptors (Lipinski definition) is 5. The molecule has 2 N–H and O–H groups in total. The van der Waals surface area contributed by atoms with Crippen LogP contribution in [0.15, 0.2) is 47.4 Å². The van der Waals surface area contributed by atoms with E-state index in [9.17, 15) is 13.5 Å². The lowest BCUT2D eigenvalue weighted by Crippen LogP contribution is -2.25. The fourth-order valence-corrected chi connectivity index (χ4v) is 3.49. The van der Waals surface area contributed by atoms with Gasteiger partial charge in [-0.15, -0.1) is 0 Å². The maximum Gasteiger partial charge on any atom is 0.240 e. The van der Waals surface area contributed by atoms with Gasteiger partial charge in [0.25, 0.3) is 0 Å². The van der Waals surface area contributed by atoms with Crippen molar-refractivity contribution in [1.29, 1.82) is 0 Å². The fraction of sp³-hybridized carbons (Fsp3) is 0.250. The molecule has 1 atom stereocenters. The molecule has 128 valence electrons. The molecule has 1 aliphatic heterocycles. The molecule has 6 nitrogen and oxygen atoms in total. The van der Waals surface area contributed by atoms with E-state index in [-0.39, 0.29) is 24.7 Å². The summed E-state index contributed by atoms with van der Waals surface area (Å²) in [6, 6.07) is 11.0. The van der Waals surface area contributed by atoms with Gasteiger partial charge >= 0.3 is 0 Å². The number of halogens is 1. The number of aliphatic hydroxyl groups excluding tert-OH is 1. The van der Waals surface area contributed by atoms with Gasteiger partial charge in [-0.05, 0) is 48.4 Å². The van der Waals surface area contributed by atoms with E-state index < -0.39 is 16.1 Å². The van der Waals surface area contributed by atoms with Crippen molar-refractivity contribution in [2.24, 2.45) is 0 Å². The molecule has 0 fully saturated rings. The average molecular weight is 370 g/mol. The minimum atomic E-state index is -3.63. The third-order valence-corrected chi connectivity index (χ3v) is 5.34. The Balaban J connectivity index is 1.58.